The minimum Gasteiger partial charge on any atom is -0.444 e. The zero-order chi connectivity index (χ0) is 15.6. The molecule has 1 amide bonds. The molecule has 116 valence electrons. The van der Waals surface area contributed by atoms with E-state index >= 15 is 0 Å². The number of hydrogen-bond acceptors (Lipinski definition) is 5. The fraction of sp³-hybridized carbons (Fsp3) is 0.733. The van der Waals surface area contributed by atoms with Crippen molar-refractivity contribution in [2.24, 2.45) is 5.92 Å². The summed E-state index contributed by atoms with van der Waals surface area (Å²) in [5.41, 5.74) is 1.92. The second-order valence-corrected chi connectivity index (χ2v) is 7.13. The van der Waals surface area contributed by atoms with Crippen molar-refractivity contribution in [1.29, 1.82) is 5.26 Å². The van der Waals surface area contributed by atoms with Gasteiger partial charge in [0.15, 0.2) is 0 Å². The Kier molecular flexibility index (Phi) is 4.72. The van der Waals surface area contributed by atoms with Crippen LogP contribution in [0, 0.1) is 17.2 Å². The molecule has 0 fully saturated rings. The number of nitrogens with one attached hydrogen (secondary N) is 1. The maximum atomic E-state index is 12.2. The predicted molar refractivity (Wildman–Crippen MR) is 83.7 cm³/mol. The number of rotatable bonds is 0. The molecular weight excluding hydrogens is 286 g/mol. The quantitative estimate of drug-likeness (QED) is 0.675. The zero-order valence-corrected chi connectivity index (χ0v) is 13.7. The van der Waals surface area contributed by atoms with Gasteiger partial charge in [0.2, 0.25) is 0 Å². The second-order valence-electron chi connectivity index (χ2n) is 6.58. The molecule has 2 aliphatic heterocycles. The van der Waals surface area contributed by atoms with Crippen LogP contribution in [0.4, 0.5) is 4.79 Å². The SMILES string of the molecule is CC(C)(C)OC(=O)N1CCC2=C(CC1)N[C@H](S)[C@H](C#N)C2. The summed E-state index contributed by atoms with van der Waals surface area (Å²) >= 11 is 4.43. The largest absolute Gasteiger partial charge is 0.444 e. The third kappa shape index (κ3) is 4.07. The normalized spacial score (nSPS) is 26.3. The Bertz CT molecular complexity index is 490. The van der Waals surface area contributed by atoms with Gasteiger partial charge >= 0.3 is 6.09 Å². The van der Waals surface area contributed by atoms with E-state index in [1.165, 1.54) is 5.57 Å². The Morgan fingerprint density at radius 2 is 2.10 bits per heavy atom. The summed E-state index contributed by atoms with van der Waals surface area (Å²) in [5, 5.41) is 12.3. The van der Waals surface area contributed by atoms with Crippen molar-refractivity contribution in [3.8, 4) is 6.07 Å². The lowest BCUT2D eigenvalue weighted by Crippen LogP contribution is -2.38. The molecule has 0 saturated carbocycles. The number of nitrogens with zero attached hydrogens (tertiary/aromatic N) is 2. The number of thiol groups is 1. The van der Waals surface area contributed by atoms with Gasteiger partial charge < -0.3 is 15.0 Å². The van der Waals surface area contributed by atoms with Crippen molar-refractivity contribution >= 4 is 18.7 Å². The summed E-state index contributed by atoms with van der Waals surface area (Å²) in [4.78, 5) is 13.9. The molecule has 0 bridgehead atoms. The summed E-state index contributed by atoms with van der Waals surface area (Å²) in [6, 6.07) is 2.29. The van der Waals surface area contributed by atoms with Crippen molar-refractivity contribution in [3.63, 3.8) is 0 Å². The molecule has 2 rings (SSSR count). The lowest BCUT2D eigenvalue weighted by molar-refractivity contribution is 0.0258. The van der Waals surface area contributed by atoms with Crippen molar-refractivity contribution in [2.75, 3.05) is 13.1 Å². The van der Waals surface area contributed by atoms with Crippen LogP contribution in [-0.4, -0.2) is 35.1 Å². The molecule has 0 aliphatic carbocycles. The van der Waals surface area contributed by atoms with Crippen LogP contribution in [0.1, 0.15) is 40.0 Å². The molecule has 6 heteroatoms. The Morgan fingerprint density at radius 1 is 1.43 bits per heavy atom. The van der Waals surface area contributed by atoms with Gasteiger partial charge in [0.1, 0.15) is 5.60 Å². The van der Waals surface area contributed by atoms with Gasteiger partial charge in [-0.25, -0.2) is 4.79 Å². The molecule has 0 aromatic carbocycles. The van der Waals surface area contributed by atoms with E-state index in [2.05, 4.69) is 24.0 Å². The lowest BCUT2D eigenvalue weighted by Gasteiger charge is -2.29. The highest BCUT2D eigenvalue weighted by molar-refractivity contribution is 7.80. The summed E-state index contributed by atoms with van der Waals surface area (Å²) in [7, 11) is 0. The van der Waals surface area contributed by atoms with Crippen LogP contribution in [0.2, 0.25) is 0 Å². The molecule has 0 radical (unpaired) electrons. The van der Waals surface area contributed by atoms with E-state index in [0.29, 0.717) is 13.1 Å². The topological polar surface area (TPSA) is 65.4 Å². The molecule has 1 N–H and O–H groups in total. The van der Waals surface area contributed by atoms with Gasteiger partial charge in [0, 0.05) is 25.2 Å². The third-order valence-electron chi connectivity index (χ3n) is 3.73. The van der Waals surface area contributed by atoms with Crippen molar-refractivity contribution in [2.45, 2.75) is 51.0 Å². The first-order chi connectivity index (χ1) is 9.80. The van der Waals surface area contributed by atoms with Gasteiger partial charge in [-0.15, -0.1) is 0 Å². The smallest absolute Gasteiger partial charge is 0.410 e. The zero-order valence-electron chi connectivity index (χ0n) is 12.8. The molecule has 0 unspecified atom stereocenters. The summed E-state index contributed by atoms with van der Waals surface area (Å²) in [5.74, 6) is -0.111. The van der Waals surface area contributed by atoms with E-state index in [1.54, 1.807) is 4.90 Å². The number of hydrogen-bond donors (Lipinski definition) is 2. The Balaban J connectivity index is 2.00. The standard InChI is InChI=1S/C15H23N3O2S/c1-15(2,3)20-14(19)18-6-4-10-8-11(9-16)13(21)17-12(10)5-7-18/h11,13,17,21H,4-8H2,1-3H3/t11-,13+/m0/s1. The van der Waals surface area contributed by atoms with Gasteiger partial charge in [-0.2, -0.15) is 17.9 Å². The fourth-order valence-electron chi connectivity index (χ4n) is 2.64. The van der Waals surface area contributed by atoms with Crippen LogP contribution in [0.15, 0.2) is 11.3 Å². The van der Waals surface area contributed by atoms with E-state index < -0.39 is 5.60 Å². The van der Waals surface area contributed by atoms with E-state index in [-0.39, 0.29) is 17.4 Å². The van der Waals surface area contributed by atoms with E-state index in [9.17, 15) is 4.79 Å². The van der Waals surface area contributed by atoms with Crippen LogP contribution in [-0.2, 0) is 4.74 Å². The van der Waals surface area contributed by atoms with Crippen LogP contribution in [0.3, 0.4) is 0 Å². The molecule has 0 aromatic rings. The van der Waals surface area contributed by atoms with E-state index in [4.69, 9.17) is 10.00 Å². The molecule has 0 saturated heterocycles. The maximum absolute atomic E-state index is 12.2. The number of amides is 1. The third-order valence-corrected chi connectivity index (χ3v) is 4.22. The van der Waals surface area contributed by atoms with Crippen LogP contribution in [0.5, 0.6) is 0 Å². The molecule has 5 nitrogen and oxygen atoms in total. The summed E-state index contributed by atoms with van der Waals surface area (Å²) < 4.78 is 5.43. The fourth-order valence-corrected chi connectivity index (χ4v) is 2.97. The van der Waals surface area contributed by atoms with Gasteiger partial charge in [0.25, 0.3) is 0 Å². The van der Waals surface area contributed by atoms with Crippen LogP contribution < -0.4 is 5.32 Å². The highest BCUT2D eigenvalue weighted by Gasteiger charge is 2.31. The van der Waals surface area contributed by atoms with Crippen LogP contribution in [0.25, 0.3) is 0 Å². The Morgan fingerprint density at radius 3 is 2.71 bits per heavy atom. The molecule has 0 spiro atoms. The molecule has 21 heavy (non-hydrogen) atoms. The minimum atomic E-state index is -0.475. The first-order valence-electron chi connectivity index (χ1n) is 7.33. The van der Waals surface area contributed by atoms with E-state index in [1.807, 2.05) is 20.8 Å². The number of carbonyl (C=O) groups is 1. The first-order valence-corrected chi connectivity index (χ1v) is 7.85. The molecular formula is C15H23N3O2S. The minimum absolute atomic E-state index is 0.111. The Hall–Kier alpha value is -1.35. The Labute approximate surface area is 131 Å². The van der Waals surface area contributed by atoms with Crippen molar-refractivity contribution in [1.82, 2.24) is 10.2 Å². The summed E-state index contributed by atoms with van der Waals surface area (Å²) in [6.07, 6.45) is 2.04. The molecule has 2 aliphatic rings. The van der Waals surface area contributed by atoms with Gasteiger partial charge in [-0.05, 0) is 39.2 Å². The lowest BCUT2D eigenvalue weighted by atomic mass is 9.92. The second kappa shape index (κ2) is 6.18. The molecule has 2 atom stereocenters. The average Bonchev–Trinajstić information content (AvgIpc) is 2.57. The highest BCUT2D eigenvalue weighted by Crippen LogP contribution is 2.31. The van der Waals surface area contributed by atoms with Gasteiger partial charge in [-0.3, -0.25) is 0 Å². The van der Waals surface area contributed by atoms with Crippen molar-refractivity contribution in [3.05, 3.63) is 11.3 Å². The number of nitriles is 1. The van der Waals surface area contributed by atoms with Crippen LogP contribution >= 0.6 is 12.6 Å². The monoisotopic (exact) mass is 309 g/mol. The molecule has 0 aromatic heterocycles. The highest BCUT2D eigenvalue weighted by atomic mass is 32.1. The average molecular weight is 309 g/mol. The van der Waals surface area contributed by atoms with E-state index in [0.717, 1.165) is 25.0 Å². The molecule has 2 heterocycles. The number of carbonyl (C=O) groups excluding carboxylic acids is 1. The first kappa shape index (κ1) is 16.0. The van der Waals surface area contributed by atoms with Crippen molar-refractivity contribution < 1.29 is 9.53 Å². The maximum Gasteiger partial charge on any atom is 0.410 e. The van der Waals surface area contributed by atoms with Gasteiger partial charge in [0.05, 0.1) is 17.4 Å². The predicted octanol–water partition coefficient (Wildman–Crippen LogP) is 2.66. The number of ether oxygens (including phenoxy) is 1. The van der Waals surface area contributed by atoms with Gasteiger partial charge in [-0.1, -0.05) is 0 Å². The summed E-state index contributed by atoms with van der Waals surface area (Å²) in [6.45, 7) is 6.90.